The van der Waals surface area contributed by atoms with Gasteiger partial charge in [0.2, 0.25) is 0 Å². The number of benzene rings is 1. The second-order valence-corrected chi connectivity index (χ2v) is 4.15. The summed E-state index contributed by atoms with van der Waals surface area (Å²) in [6, 6.07) is 7.17. The number of nitrogens with two attached hydrogens (primary N) is 1. The second-order valence-electron chi connectivity index (χ2n) is 3.24. The van der Waals surface area contributed by atoms with Gasteiger partial charge in [0.15, 0.2) is 0 Å². The fourth-order valence-electron chi connectivity index (χ4n) is 0.625. The first kappa shape index (κ1) is 13.9. The van der Waals surface area contributed by atoms with Crippen molar-refractivity contribution >= 4 is 21.6 Å². The van der Waals surface area contributed by atoms with Gasteiger partial charge < -0.3 is 10.6 Å². The van der Waals surface area contributed by atoms with Crippen molar-refractivity contribution in [1.82, 2.24) is 4.90 Å². The van der Waals surface area contributed by atoms with Crippen molar-refractivity contribution in [3.8, 4) is 6.07 Å². The highest BCUT2D eigenvalue weighted by molar-refractivity contribution is 9.10. The molecule has 0 saturated heterocycles. The molecule has 0 spiro atoms. The van der Waals surface area contributed by atoms with Crippen molar-refractivity contribution in [2.45, 2.75) is 6.92 Å². The summed E-state index contributed by atoms with van der Waals surface area (Å²) in [5, 5.41) is 8.49. The maximum atomic E-state index is 8.49. The lowest BCUT2D eigenvalue weighted by molar-refractivity contribution is 0.434. The van der Waals surface area contributed by atoms with Gasteiger partial charge in [-0.3, -0.25) is 0 Å². The van der Waals surface area contributed by atoms with Gasteiger partial charge in [-0.2, -0.15) is 5.26 Å². The van der Waals surface area contributed by atoms with Crippen LogP contribution in [0.15, 0.2) is 22.7 Å². The van der Waals surface area contributed by atoms with E-state index in [0.717, 1.165) is 11.0 Å². The highest BCUT2D eigenvalue weighted by Crippen LogP contribution is 2.16. The Labute approximate surface area is 99.6 Å². The molecule has 0 saturated carbocycles. The van der Waals surface area contributed by atoms with Gasteiger partial charge in [-0.25, -0.2) is 0 Å². The molecule has 0 heterocycles. The van der Waals surface area contributed by atoms with E-state index in [1.165, 1.54) is 0 Å². The van der Waals surface area contributed by atoms with Gasteiger partial charge in [0.05, 0.1) is 5.56 Å². The van der Waals surface area contributed by atoms with Crippen molar-refractivity contribution in [3.63, 3.8) is 0 Å². The molecule has 0 bridgehead atoms. The third-order valence-corrected chi connectivity index (χ3v) is 2.26. The van der Waals surface area contributed by atoms with Crippen LogP contribution in [0.2, 0.25) is 0 Å². The average molecular weight is 270 g/mol. The molecule has 0 aliphatic rings. The highest BCUT2D eigenvalue weighted by Gasteiger charge is 1.95. The van der Waals surface area contributed by atoms with E-state index in [1.807, 2.05) is 6.07 Å². The molecule has 1 rings (SSSR count). The predicted molar refractivity (Wildman–Crippen MR) is 67.5 cm³/mol. The van der Waals surface area contributed by atoms with Crippen molar-refractivity contribution in [1.29, 1.82) is 5.26 Å². The number of rotatable bonds is 1. The van der Waals surface area contributed by atoms with E-state index in [2.05, 4.69) is 41.8 Å². The minimum absolute atomic E-state index is 0.509. The minimum atomic E-state index is 0.509. The number of nitrogen functional groups attached to an aromatic ring is 1. The fraction of sp³-hybridized carbons (Fsp3) is 0.364. The van der Waals surface area contributed by atoms with Crippen LogP contribution < -0.4 is 5.73 Å². The molecular weight excluding hydrogens is 254 g/mol. The Morgan fingerprint density at radius 1 is 1.47 bits per heavy atom. The van der Waals surface area contributed by atoms with Crippen LogP contribution in [0.4, 0.5) is 5.69 Å². The van der Waals surface area contributed by atoms with E-state index in [-0.39, 0.29) is 0 Å². The molecular formula is C11H16BrN3. The van der Waals surface area contributed by atoms with E-state index >= 15 is 0 Å². The Hall–Kier alpha value is -1.05. The van der Waals surface area contributed by atoms with Crippen molar-refractivity contribution in [2.24, 2.45) is 0 Å². The van der Waals surface area contributed by atoms with Crippen molar-refractivity contribution < 1.29 is 0 Å². The van der Waals surface area contributed by atoms with Crippen LogP contribution in [-0.4, -0.2) is 25.5 Å². The van der Waals surface area contributed by atoms with E-state index < -0.39 is 0 Å². The third-order valence-electron chi connectivity index (χ3n) is 1.77. The lowest BCUT2D eigenvalue weighted by atomic mass is 10.2. The number of nitrogens with zero attached hydrogens (tertiary/aromatic N) is 2. The fourth-order valence-corrected chi connectivity index (χ4v) is 0.986. The van der Waals surface area contributed by atoms with Gasteiger partial charge in [-0.05, 0) is 38.8 Å². The number of hydrogen-bond donors (Lipinski definition) is 1. The largest absolute Gasteiger partial charge is 0.398 e. The van der Waals surface area contributed by atoms with Crippen LogP contribution in [0.5, 0.6) is 0 Å². The molecule has 15 heavy (non-hydrogen) atoms. The summed E-state index contributed by atoms with van der Waals surface area (Å²) in [5.74, 6) is 0. The van der Waals surface area contributed by atoms with Crippen molar-refractivity contribution in [2.75, 3.05) is 26.4 Å². The van der Waals surface area contributed by atoms with Gasteiger partial charge in [0, 0.05) is 10.2 Å². The molecule has 2 N–H and O–H groups in total. The molecule has 0 unspecified atom stereocenters. The number of anilines is 1. The molecule has 3 nitrogen and oxygen atoms in total. The van der Waals surface area contributed by atoms with E-state index in [0.29, 0.717) is 11.3 Å². The Balaban J connectivity index is 0.000000336. The van der Waals surface area contributed by atoms with Gasteiger partial charge in [-0.1, -0.05) is 22.9 Å². The highest BCUT2D eigenvalue weighted by atomic mass is 79.9. The van der Waals surface area contributed by atoms with Gasteiger partial charge >= 0.3 is 0 Å². The zero-order valence-electron chi connectivity index (χ0n) is 9.29. The summed E-state index contributed by atoms with van der Waals surface area (Å²) < 4.78 is 0.873. The summed E-state index contributed by atoms with van der Waals surface area (Å²) in [5.41, 5.74) is 6.48. The topological polar surface area (TPSA) is 53.0 Å². The van der Waals surface area contributed by atoms with E-state index in [1.54, 1.807) is 18.2 Å². The molecule has 4 heteroatoms. The van der Waals surface area contributed by atoms with Gasteiger partial charge in [0.25, 0.3) is 0 Å². The van der Waals surface area contributed by atoms with E-state index in [4.69, 9.17) is 11.0 Å². The average Bonchev–Trinajstić information content (AvgIpc) is 2.22. The second kappa shape index (κ2) is 7.27. The molecule has 0 fully saturated rings. The Morgan fingerprint density at radius 3 is 2.33 bits per heavy atom. The van der Waals surface area contributed by atoms with Crippen LogP contribution in [0.25, 0.3) is 0 Å². The Bertz CT molecular complexity index is 342. The molecule has 0 aliphatic carbocycles. The van der Waals surface area contributed by atoms with Crippen molar-refractivity contribution in [3.05, 3.63) is 28.2 Å². The standard InChI is InChI=1S/C7H5BrN2.C4H11N/c8-6-1-2-7(10)5(3-6)4-9;1-4-5(2)3/h1-3H,10H2;4H2,1-3H3. The maximum absolute atomic E-state index is 8.49. The van der Waals surface area contributed by atoms with Crippen LogP contribution in [-0.2, 0) is 0 Å². The smallest absolute Gasteiger partial charge is 0.101 e. The van der Waals surface area contributed by atoms with Crippen LogP contribution in [0.3, 0.4) is 0 Å². The third kappa shape index (κ3) is 6.10. The molecule has 0 aliphatic heterocycles. The molecule has 0 radical (unpaired) electrons. The Kier molecular flexibility index (Phi) is 6.76. The number of hydrogen-bond acceptors (Lipinski definition) is 3. The number of halogens is 1. The molecule has 0 aromatic heterocycles. The summed E-state index contributed by atoms with van der Waals surface area (Å²) in [6.07, 6.45) is 0. The lowest BCUT2D eigenvalue weighted by Crippen LogP contribution is -2.08. The molecule has 82 valence electrons. The predicted octanol–water partition coefficient (Wildman–Crippen LogP) is 2.47. The zero-order chi connectivity index (χ0) is 11.8. The van der Waals surface area contributed by atoms with Gasteiger partial charge in [0.1, 0.15) is 6.07 Å². The minimum Gasteiger partial charge on any atom is -0.398 e. The monoisotopic (exact) mass is 269 g/mol. The Morgan fingerprint density at radius 2 is 2.00 bits per heavy atom. The first-order valence-electron chi connectivity index (χ1n) is 4.61. The normalized spacial score (nSPS) is 9.07. The van der Waals surface area contributed by atoms with Crippen LogP contribution >= 0.6 is 15.9 Å². The first-order chi connectivity index (χ1) is 7.01. The molecule has 1 aromatic rings. The van der Waals surface area contributed by atoms with E-state index in [9.17, 15) is 0 Å². The zero-order valence-corrected chi connectivity index (χ0v) is 10.9. The first-order valence-corrected chi connectivity index (χ1v) is 5.40. The molecule has 0 atom stereocenters. The maximum Gasteiger partial charge on any atom is 0.101 e. The quantitative estimate of drug-likeness (QED) is 0.797. The summed E-state index contributed by atoms with van der Waals surface area (Å²) >= 11 is 3.23. The lowest BCUT2D eigenvalue weighted by Gasteiger charge is -2.00. The summed E-state index contributed by atoms with van der Waals surface area (Å²) in [7, 11) is 4.11. The molecule has 0 amide bonds. The number of nitriles is 1. The van der Waals surface area contributed by atoms with Crippen LogP contribution in [0.1, 0.15) is 12.5 Å². The van der Waals surface area contributed by atoms with Gasteiger partial charge in [-0.15, -0.1) is 0 Å². The summed E-state index contributed by atoms with van der Waals surface area (Å²) in [6.45, 7) is 3.26. The summed E-state index contributed by atoms with van der Waals surface area (Å²) in [4.78, 5) is 2.12. The SMILES string of the molecule is CCN(C)C.N#Cc1cc(Br)ccc1N. The molecule has 1 aromatic carbocycles. The van der Waals surface area contributed by atoms with Crippen LogP contribution in [0, 0.1) is 11.3 Å².